The van der Waals surface area contributed by atoms with E-state index >= 15 is 0 Å². The van der Waals surface area contributed by atoms with E-state index in [-0.39, 0.29) is 12.5 Å². The summed E-state index contributed by atoms with van der Waals surface area (Å²) in [6.45, 7) is 3.11. The number of rotatable bonds is 4. The first kappa shape index (κ1) is 13.7. The van der Waals surface area contributed by atoms with Gasteiger partial charge in [-0.1, -0.05) is 11.8 Å². The number of nitrogens with zero attached hydrogens (tertiary/aromatic N) is 1. The van der Waals surface area contributed by atoms with Crippen molar-refractivity contribution in [2.24, 2.45) is 5.73 Å². The zero-order chi connectivity index (χ0) is 12.7. The molecule has 0 radical (unpaired) electrons. The molecule has 92 valence electrons. The topological polar surface area (TPSA) is 66.6 Å². The number of likely N-dealkylation sites (N-methyl/N-ethyl adjacent to an activating group) is 1. The van der Waals surface area contributed by atoms with Crippen molar-refractivity contribution in [3.8, 4) is 11.8 Å². The second-order valence-electron chi connectivity index (χ2n) is 3.31. The van der Waals surface area contributed by atoms with Gasteiger partial charge in [0.05, 0.1) is 23.6 Å². The number of carbonyl (C=O) groups is 1. The lowest BCUT2D eigenvalue weighted by Crippen LogP contribution is -2.33. The maximum atomic E-state index is 12.0. The first-order valence-corrected chi connectivity index (χ1v) is 6.28. The summed E-state index contributed by atoms with van der Waals surface area (Å²) in [5.41, 5.74) is 5.90. The summed E-state index contributed by atoms with van der Waals surface area (Å²) in [7, 11) is 0. The van der Waals surface area contributed by atoms with Crippen molar-refractivity contribution >= 4 is 17.2 Å². The molecule has 1 rings (SSSR count). The molecule has 0 aliphatic carbocycles. The fourth-order valence-corrected chi connectivity index (χ4v) is 2.11. The summed E-state index contributed by atoms with van der Waals surface area (Å²) in [4.78, 5) is 14.4. The maximum absolute atomic E-state index is 12.0. The Morgan fingerprint density at radius 2 is 2.41 bits per heavy atom. The van der Waals surface area contributed by atoms with Gasteiger partial charge in [-0.15, -0.1) is 11.3 Å². The zero-order valence-electron chi connectivity index (χ0n) is 9.77. The van der Waals surface area contributed by atoms with Crippen molar-refractivity contribution < 1.29 is 9.90 Å². The Morgan fingerprint density at radius 1 is 1.65 bits per heavy atom. The van der Waals surface area contributed by atoms with Gasteiger partial charge in [-0.2, -0.15) is 0 Å². The van der Waals surface area contributed by atoms with Crippen LogP contribution in [0, 0.1) is 11.8 Å². The van der Waals surface area contributed by atoms with Crippen molar-refractivity contribution in [2.75, 3.05) is 26.2 Å². The van der Waals surface area contributed by atoms with E-state index in [1.54, 1.807) is 16.3 Å². The summed E-state index contributed by atoms with van der Waals surface area (Å²) in [5.74, 6) is 5.57. The predicted octanol–water partition coefficient (Wildman–Crippen LogP) is 0.513. The minimum absolute atomic E-state index is 0.0243. The largest absolute Gasteiger partial charge is 0.395 e. The Bertz CT molecular complexity index is 431. The second-order valence-corrected chi connectivity index (χ2v) is 4.23. The van der Waals surface area contributed by atoms with E-state index in [1.165, 1.54) is 11.3 Å². The van der Waals surface area contributed by atoms with Crippen LogP contribution in [0.25, 0.3) is 0 Å². The Morgan fingerprint density at radius 3 is 3.00 bits per heavy atom. The standard InChI is InChI=1S/C12H16N2O2S/c1-2-14(6-7-15)12(16)10-8-11(17-9-10)4-3-5-13/h8-9,15H,2,5-7,13H2,1H3. The van der Waals surface area contributed by atoms with Crippen molar-refractivity contribution in [1.82, 2.24) is 4.90 Å². The number of amides is 1. The molecule has 4 nitrogen and oxygen atoms in total. The van der Waals surface area contributed by atoms with Crippen LogP contribution < -0.4 is 5.73 Å². The number of aliphatic hydroxyl groups is 1. The highest BCUT2D eigenvalue weighted by molar-refractivity contribution is 7.10. The third kappa shape index (κ3) is 3.86. The second kappa shape index (κ2) is 7.07. The molecule has 1 aromatic heterocycles. The number of thiophene rings is 1. The van der Waals surface area contributed by atoms with E-state index in [4.69, 9.17) is 10.8 Å². The number of hydrogen-bond donors (Lipinski definition) is 2. The highest BCUT2D eigenvalue weighted by atomic mass is 32.1. The van der Waals surface area contributed by atoms with E-state index in [1.807, 2.05) is 6.92 Å². The quantitative estimate of drug-likeness (QED) is 0.767. The van der Waals surface area contributed by atoms with E-state index < -0.39 is 0 Å². The van der Waals surface area contributed by atoms with Crippen LogP contribution in [-0.4, -0.2) is 42.2 Å². The zero-order valence-corrected chi connectivity index (χ0v) is 10.6. The Labute approximate surface area is 105 Å². The molecule has 0 saturated carbocycles. The van der Waals surface area contributed by atoms with Gasteiger partial charge in [0, 0.05) is 18.5 Å². The van der Waals surface area contributed by atoms with E-state index in [0.717, 1.165) is 4.88 Å². The molecular weight excluding hydrogens is 236 g/mol. The molecule has 0 aromatic carbocycles. The van der Waals surface area contributed by atoms with Gasteiger partial charge in [0.15, 0.2) is 0 Å². The van der Waals surface area contributed by atoms with Gasteiger partial charge in [0.1, 0.15) is 0 Å². The normalized spacial score (nSPS) is 9.59. The lowest BCUT2D eigenvalue weighted by molar-refractivity contribution is 0.0732. The van der Waals surface area contributed by atoms with Gasteiger partial charge in [-0.25, -0.2) is 0 Å². The summed E-state index contributed by atoms with van der Waals surface area (Å²) < 4.78 is 0. The fourth-order valence-electron chi connectivity index (χ4n) is 1.36. The number of carbonyl (C=O) groups excluding carboxylic acids is 1. The minimum Gasteiger partial charge on any atom is -0.395 e. The molecule has 0 bridgehead atoms. The van der Waals surface area contributed by atoms with Crippen molar-refractivity contribution in [2.45, 2.75) is 6.92 Å². The Balaban J connectivity index is 2.78. The summed E-state index contributed by atoms with van der Waals surface area (Å²) in [6.07, 6.45) is 0. The Hall–Kier alpha value is -1.35. The molecule has 3 N–H and O–H groups in total. The molecule has 5 heteroatoms. The monoisotopic (exact) mass is 252 g/mol. The molecule has 0 aliphatic heterocycles. The van der Waals surface area contributed by atoms with Crippen molar-refractivity contribution in [3.63, 3.8) is 0 Å². The summed E-state index contributed by atoms with van der Waals surface area (Å²) in [6, 6.07) is 1.76. The van der Waals surface area contributed by atoms with Gasteiger partial charge in [-0.05, 0) is 13.0 Å². The van der Waals surface area contributed by atoms with Gasteiger partial charge in [0.2, 0.25) is 0 Å². The van der Waals surface area contributed by atoms with Gasteiger partial charge < -0.3 is 15.7 Å². The molecular formula is C12H16N2O2S. The first-order valence-electron chi connectivity index (χ1n) is 5.40. The van der Waals surface area contributed by atoms with Gasteiger partial charge >= 0.3 is 0 Å². The van der Waals surface area contributed by atoms with Crippen LogP contribution in [0.15, 0.2) is 11.4 Å². The molecule has 1 amide bonds. The third-order valence-corrected chi connectivity index (χ3v) is 3.04. The molecule has 0 spiro atoms. The molecule has 0 atom stereocenters. The van der Waals surface area contributed by atoms with Crippen molar-refractivity contribution in [1.29, 1.82) is 0 Å². The minimum atomic E-state index is -0.0707. The fraction of sp³-hybridized carbons (Fsp3) is 0.417. The molecule has 1 aromatic rings. The third-order valence-electron chi connectivity index (χ3n) is 2.20. The van der Waals surface area contributed by atoms with E-state index in [2.05, 4.69) is 11.8 Å². The smallest absolute Gasteiger partial charge is 0.254 e. The summed E-state index contributed by atoms with van der Waals surface area (Å²) in [5, 5.41) is 10.6. The van der Waals surface area contributed by atoms with Crippen LogP contribution in [0.2, 0.25) is 0 Å². The molecule has 0 fully saturated rings. The van der Waals surface area contributed by atoms with E-state index in [0.29, 0.717) is 25.2 Å². The number of aliphatic hydroxyl groups excluding tert-OH is 1. The predicted molar refractivity (Wildman–Crippen MR) is 68.9 cm³/mol. The molecule has 1 heterocycles. The van der Waals surface area contributed by atoms with E-state index in [9.17, 15) is 4.79 Å². The van der Waals surface area contributed by atoms with Gasteiger partial charge in [-0.3, -0.25) is 4.79 Å². The Kier molecular flexibility index (Phi) is 5.70. The van der Waals surface area contributed by atoms with Crippen LogP contribution >= 0.6 is 11.3 Å². The van der Waals surface area contributed by atoms with Crippen LogP contribution in [0.4, 0.5) is 0 Å². The lowest BCUT2D eigenvalue weighted by Gasteiger charge is -2.18. The molecule has 0 unspecified atom stereocenters. The SMILES string of the molecule is CCN(CCO)C(=O)c1csc(C#CCN)c1. The maximum Gasteiger partial charge on any atom is 0.254 e. The van der Waals surface area contributed by atoms with Crippen molar-refractivity contribution in [3.05, 3.63) is 21.9 Å². The van der Waals surface area contributed by atoms with Crippen LogP contribution in [0.5, 0.6) is 0 Å². The highest BCUT2D eigenvalue weighted by Gasteiger charge is 2.14. The van der Waals surface area contributed by atoms with Crippen LogP contribution in [0.1, 0.15) is 22.2 Å². The summed E-state index contributed by atoms with van der Waals surface area (Å²) >= 11 is 1.42. The number of nitrogens with two attached hydrogens (primary N) is 1. The van der Waals surface area contributed by atoms with Gasteiger partial charge in [0.25, 0.3) is 5.91 Å². The average Bonchev–Trinajstić information content (AvgIpc) is 2.81. The lowest BCUT2D eigenvalue weighted by atomic mass is 10.2. The van der Waals surface area contributed by atoms with Crippen LogP contribution in [0.3, 0.4) is 0 Å². The van der Waals surface area contributed by atoms with Crippen LogP contribution in [-0.2, 0) is 0 Å². The number of hydrogen-bond acceptors (Lipinski definition) is 4. The first-order chi connectivity index (χ1) is 8.22. The molecule has 0 saturated heterocycles. The molecule has 0 aliphatic rings. The molecule has 17 heavy (non-hydrogen) atoms. The average molecular weight is 252 g/mol. The highest BCUT2D eigenvalue weighted by Crippen LogP contribution is 2.15.